The third-order valence-electron chi connectivity index (χ3n) is 4.91. The van der Waals surface area contributed by atoms with Gasteiger partial charge in [0.2, 0.25) is 5.91 Å². The van der Waals surface area contributed by atoms with Gasteiger partial charge in [0.1, 0.15) is 5.82 Å². The Bertz CT molecular complexity index is 771. The zero-order chi connectivity index (χ0) is 18.5. The number of amides is 1. The molecule has 1 aromatic carbocycles. The molecule has 1 amide bonds. The summed E-state index contributed by atoms with van der Waals surface area (Å²) in [6.07, 6.45) is 6.24. The van der Waals surface area contributed by atoms with Crippen LogP contribution in [-0.2, 0) is 11.3 Å². The highest BCUT2D eigenvalue weighted by Gasteiger charge is 2.23. The number of carbonyl (C=O) groups excluding carboxylic acids is 1. The van der Waals surface area contributed by atoms with Gasteiger partial charge in [-0.25, -0.2) is 0 Å². The van der Waals surface area contributed by atoms with E-state index >= 15 is 0 Å². The standard InChI is InChI=1S/C19H25ClN4OS/c1-3-24-18(14-8-5-4-6-9-14)22-23-19(24)26-12-17(25)21-16-11-7-10-15(20)13(16)2/h7,10-11,14H,3-6,8-9,12H2,1-2H3,(H,21,25). The van der Waals surface area contributed by atoms with Crippen LogP contribution in [0.1, 0.15) is 56.3 Å². The van der Waals surface area contributed by atoms with Crippen molar-refractivity contribution in [3.05, 3.63) is 34.6 Å². The van der Waals surface area contributed by atoms with Gasteiger partial charge in [-0.1, -0.05) is 48.7 Å². The third kappa shape index (κ3) is 4.41. The second-order valence-corrected chi connectivity index (χ2v) is 8.02. The maximum atomic E-state index is 12.3. The van der Waals surface area contributed by atoms with Crippen molar-refractivity contribution in [3.63, 3.8) is 0 Å². The highest BCUT2D eigenvalue weighted by molar-refractivity contribution is 7.99. The topological polar surface area (TPSA) is 59.8 Å². The minimum atomic E-state index is -0.0646. The van der Waals surface area contributed by atoms with E-state index in [0.29, 0.717) is 16.7 Å². The second-order valence-electron chi connectivity index (χ2n) is 6.67. The van der Waals surface area contributed by atoms with Gasteiger partial charge >= 0.3 is 0 Å². The van der Waals surface area contributed by atoms with Crippen molar-refractivity contribution in [2.45, 2.75) is 63.6 Å². The first kappa shape index (κ1) is 19.2. The molecule has 0 atom stereocenters. The van der Waals surface area contributed by atoms with Gasteiger partial charge in [0.25, 0.3) is 0 Å². The van der Waals surface area contributed by atoms with Crippen LogP contribution in [0.15, 0.2) is 23.4 Å². The summed E-state index contributed by atoms with van der Waals surface area (Å²) < 4.78 is 2.17. The van der Waals surface area contributed by atoms with Gasteiger partial charge in [-0.15, -0.1) is 10.2 Å². The molecule has 1 aromatic heterocycles. The fraction of sp³-hybridized carbons (Fsp3) is 0.526. The Morgan fingerprint density at radius 2 is 2.08 bits per heavy atom. The molecule has 0 aliphatic heterocycles. The summed E-state index contributed by atoms with van der Waals surface area (Å²) in [6.45, 7) is 4.83. The van der Waals surface area contributed by atoms with Crippen molar-refractivity contribution < 1.29 is 4.79 Å². The third-order valence-corrected chi connectivity index (χ3v) is 6.28. The SMILES string of the molecule is CCn1c(SCC(=O)Nc2cccc(Cl)c2C)nnc1C1CCCCC1. The van der Waals surface area contributed by atoms with Crippen LogP contribution in [0.3, 0.4) is 0 Å². The van der Waals surface area contributed by atoms with E-state index in [1.807, 2.05) is 25.1 Å². The lowest BCUT2D eigenvalue weighted by molar-refractivity contribution is -0.113. The summed E-state index contributed by atoms with van der Waals surface area (Å²) in [5.74, 6) is 1.83. The molecule has 1 aliphatic carbocycles. The lowest BCUT2D eigenvalue weighted by Crippen LogP contribution is -2.16. The Morgan fingerprint density at radius 1 is 1.31 bits per heavy atom. The van der Waals surface area contributed by atoms with Crippen molar-refractivity contribution in [2.24, 2.45) is 0 Å². The normalized spacial score (nSPS) is 15.2. The minimum Gasteiger partial charge on any atom is -0.325 e. The Labute approximate surface area is 163 Å². The first-order valence-electron chi connectivity index (χ1n) is 9.21. The summed E-state index contributed by atoms with van der Waals surface area (Å²) in [7, 11) is 0. The van der Waals surface area contributed by atoms with Crippen molar-refractivity contribution in [2.75, 3.05) is 11.1 Å². The van der Waals surface area contributed by atoms with E-state index in [4.69, 9.17) is 11.6 Å². The number of hydrogen-bond donors (Lipinski definition) is 1. The van der Waals surface area contributed by atoms with Gasteiger partial charge in [-0.3, -0.25) is 4.79 Å². The molecule has 0 saturated heterocycles. The first-order valence-corrected chi connectivity index (χ1v) is 10.6. The molecule has 1 fully saturated rings. The predicted molar refractivity (Wildman–Crippen MR) is 107 cm³/mol. The van der Waals surface area contributed by atoms with Crippen LogP contribution in [0.25, 0.3) is 0 Å². The molecule has 0 bridgehead atoms. The van der Waals surface area contributed by atoms with Crippen LogP contribution in [0.5, 0.6) is 0 Å². The summed E-state index contributed by atoms with van der Waals surface area (Å²) in [5, 5.41) is 13.2. The van der Waals surface area contributed by atoms with Gasteiger partial charge < -0.3 is 9.88 Å². The summed E-state index contributed by atoms with van der Waals surface area (Å²) in [4.78, 5) is 12.3. The summed E-state index contributed by atoms with van der Waals surface area (Å²) >= 11 is 7.55. The molecule has 1 N–H and O–H groups in total. The Hall–Kier alpha value is -1.53. The lowest BCUT2D eigenvalue weighted by Gasteiger charge is -2.21. The predicted octanol–water partition coefficient (Wildman–Crippen LogP) is 5.04. The number of halogens is 1. The number of carbonyl (C=O) groups is 1. The number of benzene rings is 1. The average molecular weight is 393 g/mol. The number of thioether (sulfide) groups is 1. The van der Waals surface area contributed by atoms with E-state index in [1.54, 1.807) is 0 Å². The number of nitrogens with one attached hydrogen (secondary N) is 1. The fourth-order valence-corrected chi connectivity index (χ4v) is 4.41. The van der Waals surface area contributed by atoms with Gasteiger partial charge in [0, 0.05) is 23.2 Å². The molecule has 1 saturated carbocycles. The number of nitrogens with zero attached hydrogens (tertiary/aromatic N) is 3. The monoisotopic (exact) mass is 392 g/mol. The van der Waals surface area contributed by atoms with Crippen molar-refractivity contribution in [1.29, 1.82) is 0 Å². The molecule has 1 heterocycles. The molecule has 7 heteroatoms. The van der Waals surface area contributed by atoms with Crippen LogP contribution in [0.4, 0.5) is 5.69 Å². The van der Waals surface area contributed by atoms with Crippen LogP contribution in [-0.4, -0.2) is 26.4 Å². The Balaban J connectivity index is 1.63. The molecule has 5 nitrogen and oxygen atoms in total. The van der Waals surface area contributed by atoms with E-state index in [-0.39, 0.29) is 5.91 Å². The molecule has 3 rings (SSSR count). The zero-order valence-corrected chi connectivity index (χ0v) is 16.9. The quantitative estimate of drug-likeness (QED) is 0.699. The van der Waals surface area contributed by atoms with Gasteiger partial charge in [0.05, 0.1) is 5.75 Å². The number of aromatic nitrogens is 3. The summed E-state index contributed by atoms with van der Waals surface area (Å²) in [5.41, 5.74) is 1.63. The molecule has 140 valence electrons. The second kappa shape index (κ2) is 8.91. The van der Waals surface area contributed by atoms with Crippen molar-refractivity contribution >= 4 is 35.0 Å². The molecule has 0 spiro atoms. The maximum Gasteiger partial charge on any atom is 0.234 e. The van der Waals surface area contributed by atoms with Gasteiger partial charge in [0.15, 0.2) is 5.16 Å². The van der Waals surface area contributed by atoms with E-state index in [2.05, 4.69) is 27.0 Å². The van der Waals surface area contributed by atoms with Crippen molar-refractivity contribution in [3.8, 4) is 0 Å². The number of hydrogen-bond acceptors (Lipinski definition) is 4. The smallest absolute Gasteiger partial charge is 0.234 e. The van der Waals surface area contributed by atoms with Gasteiger partial charge in [-0.2, -0.15) is 0 Å². The summed E-state index contributed by atoms with van der Waals surface area (Å²) in [6, 6.07) is 5.51. The zero-order valence-electron chi connectivity index (χ0n) is 15.3. The highest BCUT2D eigenvalue weighted by atomic mass is 35.5. The van der Waals surface area contributed by atoms with E-state index in [1.165, 1.54) is 43.9 Å². The highest BCUT2D eigenvalue weighted by Crippen LogP contribution is 2.33. The van der Waals surface area contributed by atoms with Crippen LogP contribution in [0.2, 0.25) is 5.02 Å². The molecule has 26 heavy (non-hydrogen) atoms. The fourth-order valence-electron chi connectivity index (χ4n) is 3.43. The van der Waals surface area contributed by atoms with E-state index < -0.39 is 0 Å². The van der Waals surface area contributed by atoms with Crippen LogP contribution >= 0.6 is 23.4 Å². The number of rotatable bonds is 6. The maximum absolute atomic E-state index is 12.3. The molecular formula is C19H25ClN4OS. The molecule has 2 aromatic rings. The lowest BCUT2D eigenvalue weighted by atomic mass is 9.89. The minimum absolute atomic E-state index is 0.0646. The Kier molecular flexibility index (Phi) is 6.59. The molecular weight excluding hydrogens is 368 g/mol. The van der Waals surface area contributed by atoms with Crippen LogP contribution in [0, 0.1) is 6.92 Å². The van der Waals surface area contributed by atoms with Crippen LogP contribution < -0.4 is 5.32 Å². The van der Waals surface area contributed by atoms with E-state index in [9.17, 15) is 4.79 Å². The largest absolute Gasteiger partial charge is 0.325 e. The van der Waals surface area contributed by atoms with E-state index in [0.717, 1.165) is 28.8 Å². The first-order chi connectivity index (χ1) is 12.6. The average Bonchev–Trinajstić information content (AvgIpc) is 3.07. The van der Waals surface area contributed by atoms with Crippen molar-refractivity contribution in [1.82, 2.24) is 14.8 Å². The molecule has 0 unspecified atom stereocenters. The van der Waals surface area contributed by atoms with Gasteiger partial charge in [-0.05, 0) is 44.4 Å². The number of anilines is 1. The Morgan fingerprint density at radius 3 is 2.81 bits per heavy atom. The molecule has 1 aliphatic rings. The molecule has 0 radical (unpaired) electrons.